The highest BCUT2D eigenvalue weighted by Gasteiger charge is 2.41. The van der Waals surface area contributed by atoms with E-state index in [0.717, 1.165) is 39.1 Å². The van der Waals surface area contributed by atoms with Crippen molar-refractivity contribution in [3.63, 3.8) is 0 Å². The summed E-state index contributed by atoms with van der Waals surface area (Å²) >= 11 is 3.80. The predicted octanol–water partition coefficient (Wildman–Crippen LogP) is 2.95. The van der Waals surface area contributed by atoms with Crippen molar-refractivity contribution in [2.75, 3.05) is 19.6 Å². The Balaban J connectivity index is 1.86. The summed E-state index contributed by atoms with van der Waals surface area (Å²) in [5.41, 5.74) is 2.96. The minimum atomic E-state index is 0.396. The molecule has 1 aliphatic carbocycles. The average Bonchev–Trinajstić information content (AvgIpc) is 3.08. The lowest BCUT2D eigenvalue weighted by Crippen LogP contribution is -2.59. The maximum Gasteiger partial charge on any atom is 0.0767 e. The summed E-state index contributed by atoms with van der Waals surface area (Å²) in [7, 11) is 0. The Morgan fingerprint density at radius 2 is 2.05 bits per heavy atom. The molecule has 118 valence electrons. The van der Waals surface area contributed by atoms with Gasteiger partial charge in [-0.15, -0.1) is 0 Å². The Morgan fingerprint density at radius 3 is 2.71 bits per heavy atom. The number of halogens is 1. The smallest absolute Gasteiger partial charge is 0.0767 e. The van der Waals surface area contributed by atoms with Gasteiger partial charge in [0.05, 0.1) is 15.9 Å². The van der Waals surface area contributed by atoms with Crippen molar-refractivity contribution in [1.29, 1.82) is 0 Å². The average molecular weight is 355 g/mol. The molecule has 0 atom stereocenters. The van der Waals surface area contributed by atoms with Crippen molar-refractivity contribution in [3.8, 4) is 0 Å². The van der Waals surface area contributed by atoms with E-state index in [0.29, 0.717) is 5.54 Å². The molecule has 4 nitrogen and oxygen atoms in total. The van der Waals surface area contributed by atoms with Gasteiger partial charge in [0.25, 0.3) is 0 Å². The van der Waals surface area contributed by atoms with E-state index in [1.54, 1.807) is 0 Å². The number of nitrogens with zero attached hydrogens (tertiary/aromatic N) is 3. The third kappa shape index (κ3) is 2.80. The van der Waals surface area contributed by atoms with Crippen LogP contribution in [0.1, 0.15) is 50.9 Å². The summed E-state index contributed by atoms with van der Waals surface area (Å²) in [6.45, 7) is 9.77. The molecule has 0 amide bonds. The van der Waals surface area contributed by atoms with Gasteiger partial charge < -0.3 is 5.32 Å². The van der Waals surface area contributed by atoms with E-state index in [1.807, 2.05) is 0 Å². The monoisotopic (exact) mass is 354 g/mol. The molecule has 1 N–H and O–H groups in total. The van der Waals surface area contributed by atoms with E-state index < -0.39 is 0 Å². The number of piperazine rings is 1. The Morgan fingerprint density at radius 1 is 1.29 bits per heavy atom. The summed E-state index contributed by atoms with van der Waals surface area (Å²) < 4.78 is 3.42. The summed E-state index contributed by atoms with van der Waals surface area (Å²) in [5.74, 6) is 0. The Kier molecular flexibility index (Phi) is 4.71. The van der Waals surface area contributed by atoms with Gasteiger partial charge in [-0.05, 0) is 42.1 Å². The standard InChI is InChI=1S/C16H27BrN4/c1-3-13-15(17)14(21(4-2)19-13)11-20-10-9-18-12-16(20)7-5-6-8-16/h18H,3-12H2,1-2H3. The summed E-state index contributed by atoms with van der Waals surface area (Å²) in [6.07, 6.45) is 6.45. The van der Waals surface area contributed by atoms with Crippen LogP contribution in [0.15, 0.2) is 4.47 Å². The Hall–Kier alpha value is -0.390. The number of aromatic nitrogens is 2. The van der Waals surface area contributed by atoms with Crippen LogP contribution in [0.5, 0.6) is 0 Å². The second-order valence-electron chi connectivity index (χ2n) is 6.41. The third-order valence-electron chi connectivity index (χ3n) is 5.25. The van der Waals surface area contributed by atoms with Crippen LogP contribution in [0.2, 0.25) is 0 Å². The van der Waals surface area contributed by atoms with E-state index in [-0.39, 0.29) is 0 Å². The maximum atomic E-state index is 4.75. The first-order valence-electron chi connectivity index (χ1n) is 8.40. The number of hydrogen-bond acceptors (Lipinski definition) is 3. The van der Waals surface area contributed by atoms with Crippen LogP contribution < -0.4 is 5.32 Å². The van der Waals surface area contributed by atoms with Crippen LogP contribution in [0.4, 0.5) is 0 Å². The molecule has 2 fully saturated rings. The molecule has 0 radical (unpaired) electrons. The maximum absolute atomic E-state index is 4.75. The van der Waals surface area contributed by atoms with Gasteiger partial charge >= 0.3 is 0 Å². The molecule has 5 heteroatoms. The molecule has 0 aromatic carbocycles. The van der Waals surface area contributed by atoms with Gasteiger partial charge in [0, 0.05) is 38.3 Å². The molecule has 2 aliphatic rings. The zero-order valence-electron chi connectivity index (χ0n) is 13.3. The van der Waals surface area contributed by atoms with Gasteiger partial charge in [0.2, 0.25) is 0 Å². The van der Waals surface area contributed by atoms with Crippen molar-refractivity contribution < 1.29 is 0 Å². The van der Waals surface area contributed by atoms with Crippen LogP contribution in [0.25, 0.3) is 0 Å². The van der Waals surface area contributed by atoms with Crippen molar-refractivity contribution in [2.24, 2.45) is 0 Å². The van der Waals surface area contributed by atoms with Gasteiger partial charge in [0.1, 0.15) is 0 Å². The molecule has 1 spiro atoms. The molecular weight excluding hydrogens is 328 g/mol. The summed E-state index contributed by atoms with van der Waals surface area (Å²) in [5, 5.41) is 8.37. The van der Waals surface area contributed by atoms with Crippen LogP contribution >= 0.6 is 15.9 Å². The van der Waals surface area contributed by atoms with Crippen molar-refractivity contribution in [1.82, 2.24) is 20.0 Å². The minimum Gasteiger partial charge on any atom is -0.314 e. The number of rotatable bonds is 4. The lowest BCUT2D eigenvalue weighted by molar-refractivity contribution is 0.0545. The molecular formula is C16H27BrN4. The van der Waals surface area contributed by atoms with Crippen molar-refractivity contribution in [2.45, 2.75) is 64.6 Å². The lowest BCUT2D eigenvalue weighted by atomic mass is 9.92. The van der Waals surface area contributed by atoms with E-state index >= 15 is 0 Å². The summed E-state index contributed by atoms with van der Waals surface area (Å²) in [4.78, 5) is 2.73. The zero-order valence-corrected chi connectivity index (χ0v) is 14.9. The molecule has 1 aromatic rings. The Bertz CT molecular complexity index is 491. The highest BCUT2D eigenvalue weighted by atomic mass is 79.9. The molecule has 2 heterocycles. The van der Waals surface area contributed by atoms with Gasteiger partial charge in [-0.1, -0.05) is 19.8 Å². The van der Waals surface area contributed by atoms with Crippen LogP contribution in [-0.4, -0.2) is 39.9 Å². The normalized spacial score (nSPS) is 22.2. The molecule has 0 bridgehead atoms. The SMILES string of the molecule is CCc1nn(CC)c(CN2CCNCC23CCCC3)c1Br. The fourth-order valence-corrected chi connectivity index (χ4v) is 4.70. The molecule has 3 rings (SSSR count). The minimum absolute atomic E-state index is 0.396. The fraction of sp³-hybridized carbons (Fsp3) is 0.812. The van der Waals surface area contributed by atoms with Crippen LogP contribution in [0, 0.1) is 0 Å². The molecule has 21 heavy (non-hydrogen) atoms. The quantitative estimate of drug-likeness (QED) is 0.902. The van der Waals surface area contributed by atoms with E-state index in [2.05, 4.69) is 44.7 Å². The van der Waals surface area contributed by atoms with Gasteiger partial charge in [-0.25, -0.2) is 0 Å². The summed E-state index contributed by atoms with van der Waals surface area (Å²) in [6, 6.07) is 0. The second kappa shape index (κ2) is 6.39. The molecule has 1 saturated carbocycles. The third-order valence-corrected chi connectivity index (χ3v) is 6.17. The molecule has 0 unspecified atom stereocenters. The van der Waals surface area contributed by atoms with Crippen LogP contribution in [-0.2, 0) is 19.5 Å². The fourth-order valence-electron chi connectivity index (χ4n) is 4.01. The highest BCUT2D eigenvalue weighted by Crippen LogP contribution is 2.37. The number of nitrogens with one attached hydrogen (secondary N) is 1. The number of hydrogen-bond donors (Lipinski definition) is 1. The topological polar surface area (TPSA) is 33.1 Å². The van der Waals surface area contributed by atoms with E-state index in [4.69, 9.17) is 5.10 Å². The molecule has 1 aromatic heterocycles. The largest absolute Gasteiger partial charge is 0.314 e. The first kappa shape index (κ1) is 15.5. The van der Waals surface area contributed by atoms with E-state index in [1.165, 1.54) is 41.5 Å². The van der Waals surface area contributed by atoms with Crippen molar-refractivity contribution >= 4 is 15.9 Å². The zero-order chi connectivity index (χ0) is 14.9. The molecule has 1 saturated heterocycles. The Labute approximate surface area is 136 Å². The second-order valence-corrected chi connectivity index (χ2v) is 7.20. The first-order valence-corrected chi connectivity index (χ1v) is 9.19. The number of aryl methyl sites for hydroxylation is 2. The van der Waals surface area contributed by atoms with Crippen molar-refractivity contribution in [3.05, 3.63) is 15.9 Å². The molecule has 1 aliphatic heterocycles. The van der Waals surface area contributed by atoms with Gasteiger partial charge in [0.15, 0.2) is 0 Å². The van der Waals surface area contributed by atoms with E-state index in [9.17, 15) is 0 Å². The van der Waals surface area contributed by atoms with Crippen LogP contribution in [0.3, 0.4) is 0 Å². The highest BCUT2D eigenvalue weighted by molar-refractivity contribution is 9.10. The lowest BCUT2D eigenvalue weighted by Gasteiger charge is -2.45. The first-order chi connectivity index (χ1) is 10.2. The van der Waals surface area contributed by atoms with Gasteiger partial charge in [-0.3, -0.25) is 9.58 Å². The predicted molar refractivity (Wildman–Crippen MR) is 89.5 cm³/mol. The van der Waals surface area contributed by atoms with Gasteiger partial charge in [-0.2, -0.15) is 5.10 Å².